The fraction of sp³-hybridized carbons (Fsp3) is 0.776. The van der Waals surface area contributed by atoms with Crippen molar-refractivity contribution in [1.82, 2.24) is 19.7 Å². The predicted molar refractivity (Wildman–Crippen MR) is 291 cm³/mol. The number of alkyl carbamates (subject to hydrolysis) is 1. The van der Waals surface area contributed by atoms with E-state index in [1.165, 1.54) is 6.20 Å². The van der Waals surface area contributed by atoms with Gasteiger partial charge >= 0.3 is 18.0 Å². The smallest absolute Gasteiger partial charge is 0.408 e. The fourth-order valence-corrected chi connectivity index (χ4v) is 13.3. The Hall–Kier alpha value is -4.29. The Balaban J connectivity index is 1.08. The first-order valence-electron chi connectivity index (χ1n) is 28.4. The molecule has 1 aromatic carbocycles. The molecule has 21 nitrogen and oxygen atoms in total. The van der Waals surface area contributed by atoms with Crippen molar-refractivity contribution in [2.24, 2.45) is 23.7 Å². The molecule has 0 radical (unpaired) electrons. The van der Waals surface area contributed by atoms with Crippen molar-refractivity contribution in [2.45, 2.75) is 205 Å². The number of Topliss-reactive ketones (excluding diaryl/α,β-unsaturated/α-hetero) is 1. The van der Waals surface area contributed by atoms with Crippen molar-refractivity contribution in [2.75, 3.05) is 61.7 Å². The van der Waals surface area contributed by atoms with Gasteiger partial charge in [-0.05, 0) is 119 Å². The maximum Gasteiger partial charge on any atom is 0.408 e. The molecule has 5 aliphatic rings. The van der Waals surface area contributed by atoms with E-state index in [4.69, 9.17) is 47.4 Å². The summed E-state index contributed by atoms with van der Waals surface area (Å²) >= 11 is 0. The molecule has 1 aromatic heterocycles. The molecule has 0 bridgehead atoms. The number of nitrogens with zero attached hydrogens (tertiary/aromatic N) is 3. The number of benzene rings is 1. The number of methoxy groups -OCH3 is 2. The van der Waals surface area contributed by atoms with Gasteiger partial charge in [-0.25, -0.2) is 9.59 Å². The molecule has 2 aromatic rings. The molecule has 6 heterocycles. The van der Waals surface area contributed by atoms with Crippen LogP contribution in [0.5, 0.6) is 5.75 Å². The fourth-order valence-electron chi connectivity index (χ4n) is 13.3. The van der Waals surface area contributed by atoms with Gasteiger partial charge in [0.2, 0.25) is 5.43 Å². The first kappa shape index (κ1) is 62.3. The van der Waals surface area contributed by atoms with Gasteiger partial charge in [0.1, 0.15) is 42.0 Å². The Morgan fingerprint density at radius 2 is 1.59 bits per heavy atom. The van der Waals surface area contributed by atoms with E-state index < -0.39 is 119 Å². The van der Waals surface area contributed by atoms with Crippen LogP contribution in [0.15, 0.2) is 23.1 Å². The van der Waals surface area contributed by atoms with Crippen LogP contribution in [0.25, 0.3) is 10.9 Å². The number of hydrogen-bond donors (Lipinski definition) is 3. The van der Waals surface area contributed by atoms with E-state index in [1.54, 1.807) is 41.1 Å². The Kier molecular flexibility index (Phi) is 20.1. The number of hydrogen-bond acceptors (Lipinski definition) is 18. The third-order valence-corrected chi connectivity index (χ3v) is 17.9. The number of carbonyl (C=O) groups excluding carboxylic acids is 3. The monoisotopic (exact) mass is 1110 g/mol. The zero-order valence-electron chi connectivity index (χ0n) is 49.2. The number of fused-ring (bicyclic) bond motifs is 1. The minimum Gasteiger partial charge on any atom is -0.492 e. The number of aromatic nitrogens is 1. The SMILES string of the molecule is CC[C@H]1OC(=O)[C@H](C)[C@@H](O[C@H]2C[C@@](C)(OC)[C@@H](OCCCN(C)CCOc3cc4c5c(c3)c(=O)c(C(=O)O)cn5CCC4)[C@H](C)O2)[C@H](C)[C@@H](O[C@@H]2O[C@H](C)C[C@H](N(C)C)[C@H]2O)[C@](C)(OC)C[C@@H](C)C(=O)C(C)[C@H]2NC(=O)O[C@@]21C. The number of esters is 1. The van der Waals surface area contributed by atoms with Crippen LogP contribution in [-0.2, 0) is 65.2 Å². The summed E-state index contributed by atoms with van der Waals surface area (Å²) in [5.74, 6) is -4.64. The summed E-state index contributed by atoms with van der Waals surface area (Å²) in [5.41, 5.74) is -2.63. The van der Waals surface area contributed by atoms with Crippen LogP contribution in [0.2, 0.25) is 0 Å². The lowest BCUT2D eigenvalue weighted by molar-refractivity contribution is -0.322. The summed E-state index contributed by atoms with van der Waals surface area (Å²) in [5, 5.41) is 24.8. The minimum absolute atomic E-state index is 0.147. The normalized spacial score (nSPS) is 37.5. The first-order chi connectivity index (χ1) is 37.2. The summed E-state index contributed by atoms with van der Waals surface area (Å²) in [4.78, 5) is 71.6. The molecule has 0 saturated carbocycles. The Morgan fingerprint density at radius 3 is 2.25 bits per heavy atom. The molecule has 79 heavy (non-hydrogen) atoms. The van der Waals surface area contributed by atoms with Gasteiger partial charge in [0.25, 0.3) is 0 Å². The number of rotatable bonds is 18. The van der Waals surface area contributed by atoms with E-state index >= 15 is 0 Å². The van der Waals surface area contributed by atoms with Crippen molar-refractivity contribution in [1.29, 1.82) is 0 Å². The number of likely N-dealkylation sites (N-methyl/N-ethyl adjacent to an activating group) is 2. The van der Waals surface area contributed by atoms with Crippen LogP contribution < -0.4 is 15.5 Å². The third kappa shape index (κ3) is 13.2. The van der Waals surface area contributed by atoms with Gasteiger partial charge in [-0.1, -0.05) is 27.7 Å². The summed E-state index contributed by atoms with van der Waals surface area (Å²) < 4.78 is 66.8. The lowest BCUT2D eigenvalue weighted by atomic mass is 9.73. The van der Waals surface area contributed by atoms with E-state index in [1.807, 2.05) is 85.1 Å². The number of carboxylic acids is 1. The molecule has 4 fully saturated rings. The van der Waals surface area contributed by atoms with Gasteiger partial charge in [-0.3, -0.25) is 14.4 Å². The zero-order chi connectivity index (χ0) is 58.1. The second kappa shape index (κ2) is 25.5. The van der Waals surface area contributed by atoms with Gasteiger partial charge in [0.05, 0.1) is 58.5 Å². The lowest BCUT2D eigenvalue weighted by Crippen LogP contribution is -2.61. The number of aromatic carboxylic acids is 1. The van der Waals surface area contributed by atoms with E-state index in [0.717, 1.165) is 23.9 Å². The van der Waals surface area contributed by atoms with E-state index in [0.29, 0.717) is 56.8 Å². The van der Waals surface area contributed by atoms with Crippen LogP contribution in [0.1, 0.15) is 124 Å². The average molecular weight is 1120 g/mol. The van der Waals surface area contributed by atoms with Crippen molar-refractivity contribution in [3.05, 3.63) is 39.7 Å². The molecular weight excluding hydrogens is 1020 g/mol. The highest BCUT2D eigenvalue weighted by atomic mass is 16.7. The predicted octanol–water partition coefficient (Wildman–Crippen LogP) is 5.58. The Morgan fingerprint density at radius 1 is 0.899 bits per heavy atom. The highest BCUT2D eigenvalue weighted by Crippen LogP contribution is 2.43. The number of ketones is 1. The molecule has 0 spiro atoms. The summed E-state index contributed by atoms with van der Waals surface area (Å²) in [7, 11) is 8.93. The standard InChI is InChI=1S/C58H90N4O17/c1-16-42-58(10)49(59-55(69)79-58)33(4)45(63)31(2)28-56(8,70-14)50(78-54-47(65)41(60(11)12)25-32(3)74-54)34(5)48(35(6)53(68)76-42)77-43-29-57(9,71-15)51(36(7)75-43)73-23-18-20-61(13)22-24-72-38-26-37-19-17-21-62-30-40(52(66)67)46(64)39(27-38)44(37)62/h26-27,30-36,41-43,47-51,54,65H,16-25,28-29H2,1-15H3,(H,59,69)(H,66,67)/t31-,32-,33?,34+,35-,36+,41+,42-,43+,47-,48+,49-,50-,51+,54+,56-,57-,58-/m1/s1. The van der Waals surface area contributed by atoms with Gasteiger partial charge in [0, 0.05) is 76.9 Å². The van der Waals surface area contributed by atoms with Crippen molar-refractivity contribution >= 4 is 34.7 Å². The van der Waals surface area contributed by atoms with Gasteiger partial charge < -0.3 is 77.3 Å². The number of amides is 1. The quantitative estimate of drug-likeness (QED) is 0.122. The molecule has 1 unspecified atom stereocenters. The lowest BCUT2D eigenvalue weighted by Gasteiger charge is -2.50. The number of aliphatic hydroxyl groups is 1. The van der Waals surface area contributed by atoms with Crippen LogP contribution in [0, 0.1) is 23.7 Å². The molecule has 4 saturated heterocycles. The largest absolute Gasteiger partial charge is 0.492 e. The number of cyclic esters (lactones) is 1. The highest BCUT2D eigenvalue weighted by Gasteiger charge is 2.58. The molecule has 7 rings (SSSR count). The minimum atomic E-state index is -1.39. The first-order valence-corrected chi connectivity index (χ1v) is 28.4. The van der Waals surface area contributed by atoms with Crippen molar-refractivity contribution in [3.63, 3.8) is 0 Å². The molecule has 21 heteroatoms. The van der Waals surface area contributed by atoms with Crippen LogP contribution >= 0.6 is 0 Å². The van der Waals surface area contributed by atoms with Gasteiger partial charge in [-0.2, -0.15) is 0 Å². The second-order valence-electron chi connectivity index (χ2n) is 24.0. The Labute approximate surface area is 465 Å². The summed E-state index contributed by atoms with van der Waals surface area (Å²) in [6.45, 7) is 20.9. The van der Waals surface area contributed by atoms with E-state index in [-0.39, 0.29) is 42.8 Å². The second-order valence-corrected chi connectivity index (χ2v) is 24.0. The molecule has 18 atom stereocenters. The van der Waals surface area contributed by atoms with Gasteiger partial charge in [0.15, 0.2) is 18.2 Å². The van der Waals surface area contributed by atoms with Gasteiger partial charge in [-0.15, -0.1) is 0 Å². The highest BCUT2D eigenvalue weighted by molar-refractivity contribution is 5.94. The molecule has 444 valence electrons. The average Bonchev–Trinajstić information content (AvgIpc) is 3.83. The summed E-state index contributed by atoms with van der Waals surface area (Å²) in [6, 6.07) is 2.46. The number of ether oxygens (including phenoxy) is 10. The van der Waals surface area contributed by atoms with Crippen LogP contribution in [-0.4, -0.2) is 194 Å². The number of carbonyl (C=O) groups is 4. The summed E-state index contributed by atoms with van der Waals surface area (Å²) in [6.07, 6.45) is -3.28. The number of carboxylic acid groups (broad SMARTS) is 1. The maximum absolute atomic E-state index is 14.8. The van der Waals surface area contributed by atoms with Crippen molar-refractivity contribution in [3.8, 4) is 5.75 Å². The van der Waals surface area contributed by atoms with E-state index in [2.05, 4.69) is 10.2 Å². The van der Waals surface area contributed by atoms with Crippen LogP contribution in [0.4, 0.5) is 4.79 Å². The molecule has 3 N–H and O–H groups in total. The number of pyridine rings is 1. The maximum atomic E-state index is 14.8. The molecule has 5 aliphatic heterocycles. The van der Waals surface area contributed by atoms with Crippen molar-refractivity contribution < 1.29 is 76.8 Å². The van der Waals surface area contributed by atoms with E-state index in [9.17, 15) is 34.2 Å². The van der Waals surface area contributed by atoms with Crippen LogP contribution in [0.3, 0.4) is 0 Å². The number of aliphatic hydroxyl groups excluding tert-OH is 1. The molecular formula is C58H90N4O17. The zero-order valence-corrected chi connectivity index (χ0v) is 49.2. The third-order valence-electron chi connectivity index (χ3n) is 17.9. The molecule has 0 aliphatic carbocycles. The topological polar surface area (TPSA) is 242 Å². The number of aryl methyl sites for hydroxylation is 2. The number of nitrogens with one attached hydrogen (secondary N) is 1. The Bertz CT molecular complexity index is 2550. The molecule has 1 amide bonds.